The zero-order valence-corrected chi connectivity index (χ0v) is 16.7. The second-order valence-corrected chi connectivity index (χ2v) is 6.36. The van der Waals surface area contributed by atoms with Crippen molar-refractivity contribution in [2.75, 3.05) is 32.1 Å². The van der Waals surface area contributed by atoms with Crippen LogP contribution in [-0.2, 0) is 16.0 Å². The van der Waals surface area contributed by atoms with Gasteiger partial charge in [0.1, 0.15) is 11.5 Å². The molecule has 0 spiro atoms. The summed E-state index contributed by atoms with van der Waals surface area (Å²) in [6.45, 7) is 5.00. The molecule has 0 heterocycles. The van der Waals surface area contributed by atoms with Gasteiger partial charge in [0.2, 0.25) is 11.8 Å². The predicted molar refractivity (Wildman–Crippen MR) is 110 cm³/mol. The normalized spacial score (nSPS) is 10.2. The highest BCUT2D eigenvalue weighted by Gasteiger charge is 2.12. The van der Waals surface area contributed by atoms with Crippen LogP contribution in [0.5, 0.6) is 11.5 Å². The Morgan fingerprint density at radius 1 is 0.964 bits per heavy atom. The van der Waals surface area contributed by atoms with Crippen molar-refractivity contribution in [3.05, 3.63) is 54.1 Å². The molecule has 28 heavy (non-hydrogen) atoms. The van der Waals surface area contributed by atoms with Gasteiger partial charge in [-0.1, -0.05) is 12.1 Å². The van der Waals surface area contributed by atoms with Gasteiger partial charge in [-0.3, -0.25) is 9.59 Å². The second kappa shape index (κ2) is 11.0. The fourth-order valence-corrected chi connectivity index (χ4v) is 2.74. The number of anilines is 1. The van der Waals surface area contributed by atoms with Gasteiger partial charge in [-0.2, -0.15) is 0 Å². The molecular formula is C22H28N2O4. The van der Waals surface area contributed by atoms with Crippen molar-refractivity contribution in [1.29, 1.82) is 0 Å². The minimum Gasteiger partial charge on any atom is -0.497 e. The molecule has 0 aliphatic heterocycles. The summed E-state index contributed by atoms with van der Waals surface area (Å²) in [5, 5.41) is 2.85. The molecule has 0 saturated heterocycles. The number of nitrogens with one attached hydrogen (secondary N) is 1. The summed E-state index contributed by atoms with van der Waals surface area (Å²) in [6, 6.07) is 15.0. The summed E-state index contributed by atoms with van der Waals surface area (Å²) >= 11 is 0. The smallest absolute Gasteiger partial charge is 0.226 e. The lowest BCUT2D eigenvalue weighted by molar-refractivity contribution is -0.129. The highest BCUT2D eigenvalue weighted by molar-refractivity contribution is 5.91. The van der Waals surface area contributed by atoms with Gasteiger partial charge in [0.25, 0.3) is 0 Å². The maximum atomic E-state index is 12.2. The molecule has 6 heteroatoms. The Labute approximate surface area is 166 Å². The molecule has 0 bridgehead atoms. The van der Waals surface area contributed by atoms with Crippen LogP contribution in [-0.4, -0.2) is 43.5 Å². The minimum atomic E-state index is -0.125. The van der Waals surface area contributed by atoms with E-state index >= 15 is 0 Å². The summed E-state index contributed by atoms with van der Waals surface area (Å²) in [4.78, 5) is 25.8. The minimum absolute atomic E-state index is 0.0395. The van der Waals surface area contributed by atoms with E-state index in [1.165, 1.54) is 6.92 Å². The molecule has 2 amide bonds. The van der Waals surface area contributed by atoms with E-state index < -0.39 is 0 Å². The number of nitrogens with zero attached hydrogens (tertiary/aromatic N) is 1. The molecule has 0 radical (unpaired) electrons. The monoisotopic (exact) mass is 384 g/mol. The van der Waals surface area contributed by atoms with Crippen LogP contribution in [0.3, 0.4) is 0 Å². The van der Waals surface area contributed by atoms with E-state index in [1.807, 2.05) is 43.3 Å². The average Bonchev–Trinajstić information content (AvgIpc) is 2.70. The summed E-state index contributed by atoms with van der Waals surface area (Å²) in [6.07, 6.45) is 0.972. The van der Waals surface area contributed by atoms with E-state index in [0.717, 1.165) is 23.5 Å². The SMILES string of the molecule is CCOc1ccc(NC(=O)CCN(CCc2ccc(OC)cc2)C(C)=O)cc1. The lowest BCUT2D eigenvalue weighted by Gasteiger charge is -2.21. The van der Waals surface area contributed by atoms with Crippen LogP contribution in [0, 0.1) is 0 Å². The van der Waals surface area contributed by atoms with Gasteiger partial charge in [0.05, 0.1) is 13.7 Å². The third-order valence-corrected chi connectivity index (χ3v) is 4.33. The molecule has 0 aromatic heterocycles. The summed E-state index contributed by atoms with van der Waals surface area (Å²) in [7, 11) is 1.63. The zero-order valence-electron chi connectivity index (χ0n) is 16.7. The van der Waals surface area contributed by atoms with Gasteiger partial charge in [-0.25, -0.2) is 0 Å². The molecule has 2 aromatic carbocycles. The van der Waals surface area contributed by atoms with Gasteiger partial charge in [0.15, 0.2) is 0 Å². The van der Waals surface area contributed by atoms with Crippen molar-refractivity contribution in [2.45, 2.75) is 26.7 Å². The molecule has 2 aromatic rings. The number of rotatable bonds is 10. The quantitative estimate of drug-likeness (QED) is 0.681. The molecule has 2 rings (SSSR count). The van der Waals surface area contributed by atoms with Gasteiger partial charge in [-0.15, -0.1) is 0 Å². The van der Waals surface area contributed by atoms with E-state index in [0.29, 0.717) is 25.4 Å². The van der Waals surface area contributed by atoms with Crippen molar-refractivity contribution in [3.63, 3.8) is 0 Å². The number of hydrogen-bond donors (Lipinski definition) is 1. The number of carbonyl (C=O) groups is 2. The van der Waals surface area contributed by atoms with Crippen LogP contribution in [0.4, 0.5) is 5.69 Å². The van der Waals surface area contributed by atoms with Crippen LogP contribution >= 0.6 is 0 Å². The Morgan fingerprint density at radius 3 is 2.18 bits per heavy atom. The Hall–Kier alpha value is -3.02. The highest BCUT2D eigenvalue weighted by atomic mass is 16.5. The van der Waals surface area contributed by atoms with Gasteiger partial charge < -0.3 is 19.7 Å². The highest BCUT2D eigenvalue weighted by Crippen LogP contribution is 2.16. The lowest BCUT2D eigenvalue weighted by Crippen LogP contribution is -2.33. The molecular weight excluding hydrogens is 356 g/mol. The molecule has 6 nitrogen and oxygen atoms in total. The maximum Gasteiger partial charge on any atom is 0.226 e. The fourth-order valence-electron chi connectivity index (χ4n) is 2.74. The zero-order chi connectivity index (χ0) is 20.4. The summed E-state index contributed by atoms with van der Waals surface area (Å²) < 4.78 is 10.5. The third-order valence-electron chi connectivity index (χ3n) is 4.33. The Morgan fingerprint density at radius 2 is 1.61 bits per heavy atom. The Bertz CT molecular complexity index is 757. The average molecular weight is 384 g/mol. The van der Waals surface area contributed by atoms with Crippen molar-refractivity contribution in [2.24, 2.45) is 0 Å². The summed E-state index contributed by atoms with van der Waals surface area (Å²) in [5.74, 6) is 1.40. The number of hydrogen-bond acceptors (Lipinski definition) is 4. The number of carbonyl (C=O) groups excluding carboxylic acids is 2. The first-order valence-electron chi connectivity index (χ1n) is 9.43. The topological polar surface area (TPSA) is 67.9 Å². The number of amides is 2. The molecule has 1 N–H and O–H groups in total. The van der Waals surface area contributed by atoms with Gasteiger partial charge >= 0.3 is 0 Å². The molecule has 0 unspecified atom stereocenters. The number of ether oxygens (including phenoxy) is 2. The molecule has 0 saturated carbocycles. The third kappa shape index (κ3) is 6.95. The van der Waals surface area contributed by atoms with E-state index in [-0.39, 0.29) is 18.2 Å². The Balaban J connectivity index is 1.80. The fraction of sp³-hybridized carbons (Fsp3) is 0.364. The van der Waals surface area contributed by atoms with E-state index in [2.05, 4.69) is 5.32 Å². The van der Waals surface area contributed by atoms with Crippen molar-refractivity contribution < 1.29 is 19.1 Å². The Kier molecular flexibility index (Phi) is 8.34. The van der Waals surface area contributed by atoms with Gasteiger partial charge in [-0.05, 0) is 55.3 Å². The molecule has 0 aliphatic rings. The van der Waals surface area contributed by atoms with E-state index in [4.69, 9.17) is 9.47 Å². The van der Waals surface area contributed by atoms with Crippen molar-refractivity contribution >= 4 is 17.5 Å². The predicted octanol–water partition coefficient (Wildman–Crippen LogP) is 3.51. The molecule has 0 aliphatic carbocycles. The van der Waals surface area contributed by atoms with Crippen LogP contribution in [0.2, 0.25) is 0 Å². The van der Waals surface area contributed by atoms with Crippen molar-refractivity contribution in [3.8, 4) is 11.5 Å². The van der Waals surface area contributed by atoms with Gasteiger partial charge in [0, 0.05) is 32.1 Å². The van der Waals surface area contributed by atoms with Crippen LogP contribution in [0.1, 0.15) is 25.8 Å². The second-order valence-electron chi connectivity index (χ2n) is 6.36. The van der Waals surface area contributed by atoms with Crippen LogP contribution in [0.15, 0.2) is 48.5 Å². The molecule has 150 valence electrons. The first-order valence-corrected chi connectivity index (χ1v) is 9.43. The molecule has 0 atom stereocenters. The van der Waals surface area contributed by atoms with Crippen LogP contribution < -0.4 is 14.8 Å². The summed E-state index contributed by atoms with van der Waals surface area (Å²) in [5.41, 5.74) is 1.83. The largest absolute Gasteiger partial charge is 0.497 e. The first kappa shape index (κ1) is 21.3. The first-order chi connectivity index (χ1) is 13.5. The maximum absolute atomic E-state index is 12.2. The van der Waals surface area contributed by atoms with E-state index in [9.17, 15) is 9.59 Å². The number of benzene rings is 2. The van der Waals surface area contributed by atoms with Crippen LogP contribution in [0.25, 0.3) is 0 Å². The number of methoxy groups -OCH3 is 1. The molecule has 0 fully saturated rings. The van der Waals surface area contributed by atoms with Crippen molar-refractivity contribution in [1.82, 2.24) is 4.90 Å². The van der Waals surface area contributed by atoms with E-state index in [1.54, 1.807) is 24.1 Å². The lowest BCUT2D eigenvalue weighted by atomic mass is 10.1. The standard InChI is InChI=1S/C22H28N2O4/c1-4-28-21-11-7-19(8-12-21)23-22(26)14-16-24(17(2)25)15-13-18-5-9-20(27-3)10-6-18/h5-12H,4,13-16H2,1-3H3,(H,23,26).